The van der Waals surface area contributed by atoms with Crippen molar-refractivity contribution in [3.63, 3.8) is 0 Å². The van der Waals surface area contributed by atoms with Gasteiger partial charge in [0.1, 0.15) is 5.75 Å². The van der Waals surface area contributed by atoms with Crippen LogP contribution in [0.1, 0.15) is 42.9 Å². The highest BCUT2D eigenvalue weighted by atomic mass is 16.5. The molecular weight excluding hydrogens is 224 g/mol. The van der Waals surface area contributed by atoms with Crippen molar-refractivity contribution in [2.45, 2.75) is 38.1 Å². The first-order chi connectivity index (χ1) is 8.75. The number of nitrogens with two attached hydrogens (primary N) is 2. The van der Waals surface area contributed by atoms with E-state index in [4.69, 9.17) is 16.2 Å². The third-order valence-electron chi connectivity index (χ3n) is 4.71. The lowest BCUT2D eigenvalue weighted by atomic mass is 9.62. The molecular formula is C15H22N2O. The highest BCUT2D eigenvalue weighted by Crippen LogP contribution is 2.48. The van der Waals surface area contributed by atoms with Crippen molar-refractivity contribution in [1.29, 1.82) is 0 Å². The molecule has 1 atom stereocenters. The lowest BCUT2D eigenvalue weighted by Gasteiger charge is -2.46. The minimum absolute atomic E-state index is 0.0727. The van der Waals surface area contributed by atoms with Gasteiger partial charge in [-0.2, -0.15) is 0 Å². The minimum Gasteiger partial charge on any atom is -0.493 e. The first-order valence-electron chi connectivity index (χ1n) is 6.96. The van der Waals surface area contributed by atoms with Crippen LogP contribution in [-0.4, -0.2) is 13.2 Å². The minimum atomic E-state index is 0.0727. The number of benzene rings is 1. The molecule has 3 rings (SSSR count). The average molecular weight is 246 g/mol. The second-order valence-corrected chi connectivity index (χ2v) is 5.72. The molecule has 98 valence electrons. The van der Waals surface area contributed by atoms with Gasteiger partial charge in [-0.1, -0.05) is 18.6 Å². The molecule has 0 aromatic heterocycles. The summed E-state index contributed by atoms with van der Waals surface area (Å²) in [5, 5.41) is 0. The van der Waals surface area contributed by atoms with Gasteiger partial charge in [-0.25, -0.2) is 0 Å². The van der Waals surface area contributed by atoms with Crippen molar-refractivity contribution >= 4 is 0 Å². The fourth-order valence-electron chi connectivity index (χ4n) is 3.20. The largest absolute Gasteiger partial charge is 0.493 e. The smallest absolute Gasteiger partial charge is 0.122 e. The molecule has 1 unspecified atom stereocenters. The summed E-state index contributed by atoms with van der Waals surface area (Å²) < 4.78 is 5.64. The molecule has 0 spiro atoms. The number of aryl methyl sites for hydroxylation is 1. The Morgan fingerprint density at radius 2 is 2.11 bits per heavy atom. The Morgan fingerprint density at radius 3 is 2.78 bits per heavy atom. The molecule has 1 saturated carbocycles. The number of rotatable bonds is 3. The second kappa shape index (κ2) is 4.56. The van der Waals surface area contributed by atoms with E-state index in [1.54, 1.807) is 0 Å². The quantitative estimate of drug-likeness (QED) is 0.859. The molecule has 0 radical (unpaired) electrons. The van der Waals surface area contributed by atoms with Gasteiger partial charge in [0.25, 0.3) is 0 Å². The maximum Gasteiger partial charge on any atom is 0.122 e. The summed E-state index contributed by atoms with van der Waals surface area (Å²) >= 11 is 0. The van der Waals surface area contributed by atoms with Gasteiger partial charge >= 0.3 is 0 Å². The first kappa shape index (κ1) is 12.0. The van der Waals surface area contributed by atoms with Crippen LogP contribution in [0, 0.1) is 5.41 Å². The van der Waals surface area contributed by atoms with Gasteiger partial charge in [-0.05, 0) is 49.4 Å². The number of hydrogen-bond acceptors (Lipinski definition) is 3. The Balaban J connectivity index is 1.87. The van der Waals surface area contributed by atoms with Gasteiger partial charge < -0.3 is 16.2 Å². The third-order valence-corrected chi connectivity index (χ3v) is 4.71. The molecule has 18 heavy (non-hydrogen) atoms. The van der Waals surface area contributed by atoms with E-state index < -0.39 is 0 Å². The molecule has 1 aromatic rings. The lowest BCUT2D eigenvalue weighted by Crippen LogP contribution is -2.46. The number of fused-ring (bicyclic) bond motifs is 1. The van der Waals surface area contributed by atoms with E-state index >= 15 is 0 Å². The highest BCUT2D eigenvalue weighted by Gasteiger charge is 2.41. The summed E-state index contributed by atoms with van der Waals surface area (Å²) in [5.41, 5.74) is 15.1. The van der Waals surface area contributed by atoms with Crippen LogP contribution in [0.4, 0.5) is 0 Å². The molecule has 0 saturated heterocycles. The molecule has 3 nitrogen and oxygen atoms in total. The van der Waals surface area contributed by atoms with E-state index in [9.17, 15) is 0 Å². The molecule has 4 N–H and O–H groups in total. The molecule has 1 heterocycles. The average Bonchev–Trinajstić information content (AvgIpc) is 2.37. The van der Waals surface area contributed by atoms with Gasteiger partial charge in [-0.15, -0.1) is 0 Å². The zero-order valence-corrected chi connectivity index (χ0v) is 10.8. The molecule has 1 aliphatic heterocycles. The summed E-state index contributed by atoms with van der Waals surface area (Å²) in [5.74, 6) is 1.03. The maximum atomic E-state index is 6.46. The molecule has 2 aliphatic rings. The van der Waals surface area contributed by atoms with Crippen molar-refractivity contribution in [3.05, 3.63) is 29.3 Å². The molecule has 3 heteroatoms. The van der Waals surface area contributed by atoms with E-state index in [1.165, 1.54) is 17.5 Å². The summed E-state index contributed by atoms with van der Waals surface area (Å²) in [4.78, 5) is 0. The van der Waals surface area contributed by atoms with Crippen molar-refractivity contribution in [2.24, 2.45) is 16.9 Å². The Morgan fingerprint density at radius 1 is 1.28 bits per heavy atom. The fraction of sp³-hybridized carbons (Fsp3) is 0.600. The van der Waals surface area contributed by atoms with Gasteiger partial charge in [0.2, 0.25) is 0 Å². The van der Waals surface area contributed by atoms with Gasteiger partial charge in [-0.3, -0.25) is 0 Å². The lowest BCUT2D eigenvalue weighted by molar-refractivity contribution is 0.104. The summed E-state index contributed by atoms with van der Waals surface area (Å²) in [6.45, 7) is 1.53. The Kier molecular flexibility index (Phi) is 3.04. The van der Waals surface area contributed by atoms with Crippen molar-refractivity contribution in [3.8, 4) is 5.75 Å². The van der Waals surface area contributed by atoms with Crippen LogP contribution < -0.4 is 16.2 Å². The van der Waals surface area contributed by atoms with Crippen LogP contribution in [0.2, 0.25) is 0 Å². The molecule has 1 aromatic carbocycles. The molecule has 1 fully saturated rings. The Bertz CT molecular complexity index is 435. The van der Waals surface area contributed by atoms with Gasteiger partial charge in [0.15, 0.2) is 0 Å². The van der Waals surface area contributed by atoms with E-state index in [2.05, 4.69) is 18.2 Å². The van der Waals surface area contributed by atoms with Crippen LogP contribution in [0.5, 0.6) is 5.75 Å². The van der Waals surface area contributed by atoms with Crippen LogP contribution in [0.25, 0.3) is 0 Å². The molecule has 0 amide bonds. The molecule has 0 bridgehead atoms. The van der Waals surface area contributed by atoms with Crippen molar-refractivity contribution < 1.29 is 4.74 Å². The normalized spacial score (nSPS) is 22.6. The van der Waals surface area contributed by atoms with E-state index in [0.29, 0.717) is 6.54 Å². The zero-order valence-electron chi connectivity index (χ0n) is 10.8. The van der Waals surface area contributed by atoms with E-state index in [-0.39, 0.29) is 11.5 Å². The van der Waals surface area contributed by atoms with Crippen molar-refractivity contribution in [1.82, 2.24) is 0 Å². The standard InChI is InChI=1S/C15H22N2O/c16-10-15(6-2-7-15)14(17)12-4-5-13-11(9-12)3-1-8-18-13/h4-5,9,14H,1-3,6-8,10,16-17H2. The zero-order chi connectivity index (χ0) is 12.6. The number of hydrogen-bond donors (Lipinski definition) is 2. The van der Waals surface area contributed by atoms with E-state index in [0.717, 1.165) is 38.0 Å². The van der Waals surface area contributed by atoms with Gasteiger partial charge in [0.05, 0.1) is 6.61 Å². The van der Waals surface area contributed by atoms with Crippen molar-refractivity contribution in [2.75, 3.05) is 13.2 Å². The predicted octanol–water partition coefficient (Wildman–Crippen LogP) is 2.14. The SMILES string of the molecule is NCC1(C(N)c2ccc3c(c2)CCCO3)CCC1. The topological polar surface area (TPSA) is 61.3 Å². The third kappa shape index (κ3) is 1.82. The number of ether oxygens (including phenoxy) is 1. The van der Waals surface area contributed by atoms with Crippen LogP contribution in [0.3, 0.4) is 0 Å². The summed E-state index contributed by atoms with van der Waals surface area (Å²) in [6.07, 6.45) is 5.80. The monoisotopic (exact) mass is 246 g/mol. The first-order valence-corrected chi connectivity index (χ1v) is 6.96. The highest BCUT2D eigenvalue weighted by molar-refractivity contribution is 5.40. The maximum absolute atomic E-state index is 6.46. The van der Waals surface area contributed by atoms with Crippen LogP contribution >= 0.6 is 0 Å². The summed E-state index contributed by atoms with van der Waals surface area (Å²) in [6, 6.07) is 6.50. The second-order valence-electron chi connectivity index (χ2n) is 5.72. The Labute approximate surface area is 108 Å². The summed E-state index contributed by atoms with van der Waals surface area (Å²) in [7, 11) is 0. The Hall–Kier alpha value is -1.06. The van der Waals surface area contributed by atoms with Gasteiger partial charge in [0, 0.05) is 11.5 Å². The van der Waals surface area contributed by atoms with Crippen LogP contribution in [0.15, 0.2) is 18.2 Å². The fourth-order valence-corrected chi connectivity index (χ4v) is 3.20. The predicted molar refractivity (Wildman–Crippen MR) is 72.5 cm³/mol. The van der Waals surface area contributed by atoms with E-state index in [1.807, 2.05) is 0 Å². The van der Waals surface area contributed by atoms with Crippen LogP contribution in [-0.2, 0) is 6.42 Å². The molecule has 1 aliphatic carbocycles.